The number of nitrogens with two attached hydrogens (primary N) is 1. The summed E-state index contributed by atoms with van der Waals surface area (Å²) in [6.07, 6.45) is 0.485. The molecule has 3 unspecified atom stereocenters. The van der Waals surface area contributed by atoms with Crippen molar-refractivity contribution in [3.05, 3.63) is 34.4 Å². The third kappa shape index (κ3) is 4.39. The Morgan fingerprint density at radius 3 is 2.54 bits per heavy atom. The van der Waals surface area contributed by atoms with Crippen LogP contribution in [-0.2, 0) is 0 Å². The summed E-state index contributed by atoms with van der Waals surface area (Å²) in [5, 5.41) is 31.3. The van der Waals surface area contributed by atoms with Gasteiger partial charge in [-0.3, -0.25) is 0 Å². The number of nitrogen functional groups attached to an aromatic ring is 1. The number of aliphatic hydroxyl groups is 2. The SMILES string of the molecule is Nc1nc(Cl)c(N=Nc2ccc(Cl)cc2)c(NC2CC(O)C(CO)C2)n1. The van der Waals surface area contributed by atoms with Crippen molar-refractivity contribution < 1.29 is 10.2 Å². The zero-order valence-electron chi connectivity index (χ0n) is 13.7. The molecule has 0 amide bonds. The molecule has 1 aromatic heterocycles. The molecule has 0 bridgehead atoms. The second-order valence-electron chi connectivity index (χ2n) is 6.07. The summed E-state index contributed by atoms with van der Waals surface area (Å²) < 4.78 is 0. The van der Waals surface area contributed by atoms with Gasteiger partial charge in [-0.05, 0) is 37.1 Å². The topological polar surface area (TPSA) is 129 Å². The lowest BCUT2D eigenvalue weighted by Crippen LogP contribution is -2.18. The Hall–Kier alpha value is -2.00. The van der Waals surface area contributed by atoms with Crippen molar-refractivity contribution in [2.75, 3.05) is 17.7 Å². The van der Waals surface area contributed by atoms with Crippen molar-refractivity contribution >= 4 is 46.3 Å². The molecule has 138 valence electrons. The number of benzene rings is 1. The summed E-state index contributed by atoms with van der Waals surface area (Å²) in [5.41, 5.74) is 6.52. The Morgan fingerprint density at radius 1 is 1.15 bits per heavy atom. The van der Waals surface area contributed by atoms with E-state index in [0.717, 1.165) is 0 Å². The van der Waals surface area contributed by atoms with Crippen molar-refractivity contribution in [1.29, 1.82) is 0 Å². The lowest BCUT2D eigenvalue weighted by molar-refractivity contribution is 0.0908. The highest BCUT2D eigenvalue weighted by Crippen LogP contribution is 2.35. The lowest BCUT2D eigenvalue weighted by atomic mass is 10.1. The molecule has 0 radical (unpaired) electrons. The van der Waals surface area contributed by atoms with Gasteiger partial charge in [0.2, 0.25) is 5.95 Å². The van der Waals surface area contributed by atoms with Crippen LogP contribution in [0.3, 0.4) is 0 Å². The molecule has 8 nitrogen and oxygen atoms in total. The van der Waals surface area contributed by atoms with Crippen LogP contribution in [0.15, 0.2) is 34.5 Å². The van der Waals surface area contributed by atoms with Crippen molar-refractivity contribution in [2.24, 2.45) is 16.1 Å². The fourth-order valence-corrected chi connectivity index (χ4v) is 3.20. The van der Waals surface area contributed by atoms with Gasteiger partial charge >= 0.3 is 0 Å². The molecule has 2 aromatic rings. The summed E-state index contributed by atoms with van der Waals surface area (Å²) in [6.45, 7) is -0.0743. The minimum absolute atomic E-state index is 0.000182. The Morgan fingerprint density at radius 2 is 1.88 bits per heavy atom. The summed E-state index contributed by atoms with van der Waals surface area (Å²) in [4.78, 5) is 8.06. The average molecular weight is 397 g/mol. The van der Waals surface area contributed by atoms with Crippen LogP contribution in [0.4, 0.5) is 23.1 Å². The van der Waals surface area contributed by atoms with Crippen LogP contribution in [0.25, 0.3) is 0 Å². The van der Waals surface area contributed by atoms with Crippen LogP contribution in [0.2, 0.25) is 10.2 Å². The molecule has 1 aliphatic carbocycles. The van der Waals surface area contributed by atoms with Gasteiger partial charge in [0, 0.05) is 23.6 Å². The van der Waals surface area contributed by atoms with Crippen molar-refractivity contribution in [1.82, 2.24) is 9.97 Å². The fraction of sp³-hybridized carbons (Fsp3) is 0.375. The molecule has 0 spiro atoms. The third-order valence-corrected chi connectivity index (χ3v) is 4.70. The second kappa shape index (κ2) is 8.13. The van der Waals surface area contributed by atoms with Crippen molar-refractivity contribution in [3.63, 3.8) is 0 Å². The number of nitrogens with one attached hydrogen (secondary N) is 1. The van der Waals surface area contributed by atoms with Crippen LogP contribution in [0.5, 0.6) is 0 Å². The first-order valence-corrected chi connectivity index (χ1v) is 8.77. The van der Waals surface area contributed by atoms with Crippen LogP contribution >= 0.6 is 23.2 Å². The Labute approximate surface area is 160 Å². The van der Waals surface area contributed by atoms with E-state index in [1.54, 1.807) is 24.3 Å². The predicted octanol–water partition coefficient (Wildman–Crippen LogP) is 3.32. The molecular weight excluding hydrogens is 379 g/mol. The molecule has 10 heteroatoms. The van der Waals surface area contributed by atoms with Crippen LogP contribution < -0.4 is 11.1 Å². The van der Waals surface area contributed by atoms with Crippen LogP contribution in [-0.4, -0.2) is 38.9 Å². The van der Waals surface area contributed by atoms with E-state index in [-0.39, 0.29) is 35.4 Å². The molecule has 0 aliphatic heterocycles. The van der Waals surface area contributed by atoms with E-state index in [9.17, 15) is 10.2 Å². The smallest absolute Gasteiger partial charge is 0.223 e. The second-order valence-corrected chi connectivity index (χ2v) is 6.86. The van der Waals surface area contributed by atoms with Crippen LogP contribution in [0.1, 0.15) is 12.8 Å². The molecular formula is C16H18Cl2N6O2. The number of aliphatic hydroxyl groups excluding tert-OH is 2. The third-order valence-electron chi connectivity index (χ3n) is 4.18. The van der Waals surface area contributed by atoms with Gasteiger partial charge in [-0.25, -0.2) is 0 Å². The van der Waals surface area contributed by atoms with Crippen LogP contribution in [0, 0.1) is 5.92 Å². The Balaban J connectivity index is 1.84. The number of hydrogen-bond donors (Lipinski definition) is 4. The molecule has 1 saturated carbocycles. The summed E-state index contributed by atoms with van der Waals surface area (Å²) in [5.74, 6) is 0.150. The van der Waals surface area contributed by atoms with E-state index < -0.39 is 6.10 Å². The van der Waals surface area contributed by atoms with Gasteiger partial charge < -0.3 is 21.3 Å². The number of anilines is 2. The molecule has 1 fully saturated rings. The van der Waals surface area contributed by atoms with Gasteiger partial charge in [0.1, 0.15) is 0 Å². The Bertz CT molecular complexity index is 802. The zero-order valence-corrected chi connectivity index (χ0v) is 15.2. The van der Waals surface area contributed by atoms with Crippen molar-refractivity contribution in [2.45, 2.75) is 25.0 Å². The molecule has 3 atom stereocenters. The van der Waals surface area contributed by atoms with Gasteiger partial charge in [0.05, 0.1) is 11.8 Å². The molecule has 3 rings (SSSR count). The normalized spacial score (nSPS) is 22.8. The number of nitrogens with zero attached hydrogens (tertiary/aromatic N) is 4. The number of hydrogen-bond acceptors (Lipinski definition) is 8. The Kier molecular flexibility index (Phi) is 5.87. The van der Waals surface area contributed by atoms with Gasteiger partial charge in [-0.1, -0.05) is 23.2 Å². The number of azo groups is 1. The van der Waals surface area contributed by atoms with E-state index in [4.69, 9.17) is 28.9 Å². The van der Waals surface area contributed by atoms with Gasteiger partial charge in [-0.15, -0.1) is 5.11 Å². The first-order valence-electron chi connectivity index (χ1n) is 8.02. The summed E-state index contributed by atoms with van der Waals surface area (Å²) in [7, 11) is 0. The molecule has 0 saturated heterocycles. The highest BCUT2D eigenvalue weighted by atomic mass is 35.5. The largest absolute Gasteiger partial charge is 0.396 e. The molecule has 1 aliphatic rings. The van der Waals surface area contributed by atoms with Crippen molar-refractivity contribution in [3.8, 4) is 0 Å². The lowest BCUT2D eigenvalue weighted by Gasteiger charge is -2.15. The number of rotatable bonds is 5. The number of halogens is 2. The molecule has 26 heavy (non-hydrogen) atoms. The molecule has 1 aromatic carbocycles. The minimum Gasteiger partial charge on any atom is -0.396 e. The quantitative estimate of drug-likeness (QED) is 0.453. The van der Waals surface area contributed by atoms with Gasteiger partial charge in [0.15, 0.2) is 16.7 Å². The fourth-order valence-electron chi connectivity index (χ4n) is 2.86. The van der Waals surface area contributed by atoms with E-state index >= 15 is 0 Å². The highest BCUT2D eigenvalue weighted by molar-refractivity contribution is 6.32. The maximum absolute atomic E-state index is 9.95. The van der Waals surface area contributed by atoms with E-state index in [0.29, 0.717) is 29.4 Å². The summed E-state index contributed by atoms with van der Waals surface area (Å²) in [6, 6.07) is 6.72. The van der Waals surface area contributed by atoms with E-state index in [1.165, 1.54) is 0 Å². The van der Waals surface area contributed by atoms with E-state index in [1.807, 2.05) is 0 Å². The van der Waals surface area contributed by atoms with Gasteiger partial charge in [0.25, 0.3) is 0 Å². The first kappa shape index (κ1) is 18.8. The monoisotopic (exact) mass is 396 g/mol. The summed E-state index contributed by atoms with van der Waals surface area (Å²) >= 11 is 12.0. The number of aromatic nitrogens is 2. The standard InChI is InChI=1S/C16H18Cl2N6O2/c17-9-1-3-10(4-2-9)23-24-13-14(18)21-16(19)22-15(13)20-11-5-8(7-25)12(26)6-11/h1-4,8,11-12,25-26H,5-7H2,(H3,19,20,21,22). The first-order chi connectivity index (χ1) is 12.5. The molecule has 1 heterocycles. The average Bonchev–Trinajstić information content (AvgIpc) is 2.95. The zero-order chi connectivity index (χ0) is 18.7. The maximum atomic E-state index is 9.95. The molecule has 5 N–H and O–H groups in total. The maximum Gasteiger partial charge on any atom is 0.223 e. The van der Waals surface area contributed by atoms with E-state index in [2.05, 4.69) is 25.5 Å². The minimum atomic E-state index is -0.578. The predicted molar refractivity (Wildman–Crippen MR) is 100 cm³/mol. The highest BCUT2D eigenvalue weighted by Gasteiger charge is 2.33. The van der Waals surface area contributed by atoms with Gasteiger partial charge in [-0.2, -0.15) is 15.1 Å².